The van der Waals surface area contributed by atoms with Crippen LogP contribution in [0.1, 0.15) is 30.0 Å². The van der Waals surface area contributed by atoms with Crippen molar-refractivity contribution in [2.45, 2.75) is 33.2 Å². The van der Waals surface area contributed by atoms with Crippen LogP contribution in [-0.4, -0.2) is 16.5 Å². The summed E-state index contributed by atoms with van der Waals surface area (Å²) < 4.78 is 0. The highest BCUT2D eigenvalue weighted by Crippen LogP contribution is 2.18. The predicted octanol–water partition coefficient (Wildman–Crippen LogP) is 3.53. The Morgan fingerprint density at radius 1 is 1.11 bits per heavy atom. The summed E-state index contributed by atoms with van der Waals surface area (Å²) in [4.78, 5) is 11.4. The van der Waals surface area contributed by atoms with E-state index in [-0.39, 0.29) is 0 Å². The molecule has 2 rings (SSSR count). The maximum absolute atomic E-state index is 4.42. The molecule has 0 radical (unpaired) electrons. The summed E-state index contributed by atoms with van der Waals surface area (Å²) >= 11 is 1.85. The molecule has 0 fully saturated rings. The minimum absolute atomic E-state index is 0.687. The summed E-state index contributed by atoms with van der Waals surface area (Å²) in [6.07, 6.45) is 3.94. The summed E-state index contributed by atoms with van der Waals surface area (Å²) in [6.45, 7) is 6.01. The third kappa shape index (κ3) is 4.21. The van der Waals surface area contributed by atoms with Crippen LogP contribution in [0.15, 0.2) is 24.4 Å². The molecule has 0 saturated carbocycles. The lowest BCUT2D eigenvalue weighted by molar-refractivity contribution is 0.950. The van der Waals surface area contributed by atoms with Gasteiger partial charge < -0.3 is 10.6 Å². The molecule has 19 heavy (non-hydrogen) atoms. The van der Waals surface area contributed by atoms with Crippen LogP contribution < -0.4 is 10.6 Å². The van der Waals surface area contributed by atoms with Gasteiger partial charge in [0.25, 0.3) is 0 Å². The van der Waals surface area contributed by atoms with E-state index in [1.807, 2.05) is 17.4 Å². The number of rotatable bonds is 7. The van der Waals surface area contributed by atoms with Crippen LogP contribution in [0.3, 0.4) is 0 Å². The van der Waals surface area contributed by atoms with E-state index in [4.69, 9.17) is 0 Å². The Labute approximate surface area is 118 Å². The van der Waals surface area contributed by atoms with Gasteiger partial charge in [0.05, 0.1) is 6.54 Å². The van der Waals surface area contributed by atoms with Crippen LogP contribution in [0.25, 0.3) is 0 Å². The van der Waals surface area contributed by atoms with Crippen LogP contribution in [0.4, 0.5) is 11.8 Å². The van der Waals surface area contributed by atoms with Crippen molar-refractivity contribution >= 4 is 23.1 Å². The molecule has 2 aromatic rings. The van der Waals surface area contributed by atoms with E-state index < -0.39 is 0 Å². The van der Waals surface area contributed by atoms with Crippen molar-refractivity contribution in [2.75, 3.05) is 17.2 Å². The number of aryl methyl sites for hydroxylation is 1. The third-order valence-corrected chi connectivity index (χ3v) is 3.93. The zero-order valence-corrected chi connectivity index (χ0v) is 12.3. The molecule has 0 aliphatic heterocycles. The molecule has 0 amide bonds. The summed E-state index contributed by atoms with van der Waals surface area (Å²) in [7, 11) is 0. The first-order valence-electron chi connectivity index (χ1n) is 6.70. The molecule has 0 aromatic carbocycles. The van der Waals surface area contributed by atoms with Crippen molar-refractivity contribution in [1.82, 2.24) is 9.97 Å². The lowest BCUT2D eigenvalue weighted by Crippen LogP contribution is -2.06. The number of thiophene rings is 1. The van der Waals surface area contributed by atoms with Gasteiger partial charge >= 0.3 is 0 Å². The monoisotopic (exact) mass is 276 g/mol. The number of hydrogen-bond donors (Lipinski definition) is 2. The van der Waals surface area contributed by atoms with Gasteiger partial charge in [-0.05, 0) is 31.0 Å². The van der Waals surface area contributed by atoms with Crippen LogP contribution >= 0.6 is 11.3 Å². The molecular weight excluding hydrogens is 256 g/mol. The molecule has 0 bridgehead atoms. The summed E-state index contributed by atoms with van der Waals surface area (Å²) in [5.41, 5.74) is 0. The highest BCUT2D eigenvalue weighted by atomic mass is 32.1. The summed E-state index contributed by atoms with van der Waals surface area (Å²) in [5, 5.41) is 6.52. The van der Waals surface area contributed by atoms with E-state index in [2.05, 4.69) is 46.6 Å². The standard InChI is InChI=1S/C14H20N4S/c1-3-8-15-14-16-9-7-13(18-14)17-10-12-6-5-11(4-2)19-12/h5-7,9H,3-4,8,10H2,1-2H3,(H2,15,16,17,18). The molecule has 2 aromatic heterocycles. The highest BCUT2D eigenvalue weighted by molar-refractivity contribution is 7.12. The van der Waals surface area contributed by atoms with Gasteiger partial charge in [-0.25, -0.2) is 4.98 Å². The van der Waals surface area contributed by atoms with E-state index in [1.165, 1.54) is 9.75 Å². The van der Waals surface area contributed by atoms with Crippen molar-refractivity contribution in [1.29, 1.82) is 0 Å². The second-order valence-corrected chi connectivity index (χ2v) is 5.52. The lowest BCUT2D eigenvalue weighted by atomic mass is 10.3. The first-order chi connectivity index (χ1) is 9.31. The average Bonchev–Trinajstić information content (AvgIpc) is 2.91. The molecule has 0 spiro atoms. The highest BCUT2D eigenvalue weighted by Gasteiger charge is 2.01. The van der Waals surface area contributed by atoms with E-state index in [0.717, 1.165) is 31.7 Å². The summed E-state index contributed by atoms with van der Waals surface area (Å²) in [5.74, 6) is 1.55. The van der Waals surface area contributed by atoms with Crippen molar-refractivity contribution in [3.63, 3.8) is 0 Å². The molecule has 0 aliphatic carbocycles. The lowest BCUT2D eigenvalue weighted by Gasteiger charge is -2.06. The zero-order chi connectivity index (χ0) is 13.5. The molecule has 2 N–H and O–H groups in total. The Morgan fingerprint density at radius 2 is 1.95 bits per heavy atom. The molecule has 5 heteroatoms. The van der Waals surface area contributed by atoms with E-state index in [1.54, 1.807) is 6.20 Å². The van der Waals surface area contributed by atoms with Crippen molar-refractivity contribution in [2.24, 2.45) is 0 Å². The Hall–Kier alpha value is -1.62. The van der Waals surface area contributed by atoms with Crippen LogP contribution in [0, 0.1) is 0 Å². The van der Waals surface area contributed by atoms with Gasteiger partial charge in [0.15, 0.2) is 0 Å². The van der Waals surface area contributed by atoms with E-state index in [0.29, 0.717) is 5.95 Å². The number of anilines is 2. The largest absolute Gasteiger partial charge is 0.365 e. The summed E-state index contributed by atoms with van der Waals surface area (Å²) in [6, 6.07) is 6.26. The van der Waals surface area contributed by atoms with Gasteiger partial charge in [-0.15, -0.1) is 11.3 Å². The molecule has 102 valence electrons. The Balaban J connectivity index is 1.91. The maximum atomic E-state index is 4.42. The number of nitrogens with zero attached hydrogens (tertiary/aromatic N) is 2. The van der Waals surface area contributed by atoms with E-state index in [9.17, 15) is 0 Å². The second-order valence-electron chi connectivity index (χ2n) is 4.27. The van der Waals surface area contributed by atoms with Crippen LogP contribution in [-0.2, 0) is 13.0 Å². The topological polar surface area (TPSA) is 49.8 Å². The molecular formula is C14H20N4S. The molecule has 0 aliphatic rings. The van der Waals surface area contributed by atoms with Gasteiger partial charge in [-0.3, -0.25) is 0 Å². The fraction of sp³-hybridized carbons (Fsp3) is 0.429. The minimum atomic E-state index is 0.687. The van der Waals surface area contributed by atoms with E-state index >= 15 is 0 Å². The van der Waals surface area contributed by atoms with Gasteiger partial charge in [0.2, 0.25) is 5.95 Å². The van der Waals surface area contributed by atoms with Gasteiger partial charge in [0, 0.05) is 22.5 Å². The number of nitrogens with one attached hydrogen (secondary N) is 2. The minimum Gasteiger partial charge on any atom is -0.365 e. The SMILES string of the molecule is CCCNc1nccc(NCc2ccc(CC)s2)n1. The zero-order valence-electron chi connectivity index (χ0n) is 11.4. The molecule has 4 nitrogen and oxygen atoms in total. The fourth-order valence-corrected chi connectivity index (χ4v) is 2.56. The van der Waals surface area contributed by atoms with Gasteiger partial charge in [-0.2, -0.15) is 4.98 Å². The Morgan fingerprint density at radius 3 is 2.68 bits per heavy atom. The molecule has 2 heterocycles. The van der Waals surface area contributed by atoms with Gasteiger partial charge in [-0.1, -0.05) is 13.8 Å². The van der Waals surface area contributed by atoms with Crippen LogP contribution in [0.2, 0.25) is 0 Å². The quantitative estimate of drug-likeness (QED) is 0.812. The fourth-order valence-electron chi connectivity index (χ4n) is 1.66. The third-order valence-electron chi connectivity index (χ3n) is 2.70. The predicted molar refractivity (Wildman–Crippen MR) is 81.8 cm³/mol. The molecule has 0 unspecified atom stereocenters. The Kier molecular flexibility index (Phi) is 5.15. The molecule has 0 atom stereocenters. The Bertz CT molecular complexity index is 510. The number of hydrogen-bond acceptors (Lipinski definition) is 5. The van der Waals surface area contributed by atoms with Crippen molar-refractivity contribution in [3.8, 4) is 0 Å². The molecule has 0 saturated heterocycles. The van der Waals surface area contributed by atoms with Crippen molar-refractivity contribution in [3.05, 3.63) is 34.2 Å². The first kappa shape index (κ1) is 13.8. The first-order valence-corrected chi connectivity index (χ1v) is 7.51. The van der Waals surface area contributed by atoms with Crippen LogP contribution in [0.5, 0.6) is 0 Å². The maximum Gasteiger partial charge on any atom is 0.224 e. The smallest absolute Gasteiger partial charge is 0.224 e. The normalized spacial score (nSPS) is 10.4. The van der Waals surface area contributed by atoms with Crippen molar-refractivity contribution < 1.29 is 0 Å². The van der Waals surface area contributed by atoms with Gasteiger partial charge in [0.1, 0.15) is 5.82 Å². The second kappa shape index (κ2) is 7.09. The average molecular weight is 276 g/mol. The number of aromatic nitrogens is 2.